The zero-order valence-electron chi connectivity index (χ0n) is 8.87. The van der Waals surface area contributed by atoms with Gasteiger partial charge in [0.1, 0.15) is 5.52 Å². The number of aryl methyl sites for hydroxylation is 1. The summed E-state index contributed by atoms with van der Waals surface area (Å²) in [4.78, 5) is 4.28. The zero-order chi connectivity index (χ0) is 10.1. The monoisotopic (exact) mass is 189 g/mol. The predicted octanol–water partition coefficient (Wildman–Crippen LogP) is 3.65. The van der Waals surface area contributed by atoms with E-state index in [2.05, 4.69) is 31.0 Å². The SMILES string of the molecule is CCC(C)c1ccc(C)c2ocnc12. The first kappa shape index (κ1) is 9.25. The lowest BCUT2D eigenvalue weighted by atomic mass is 9.96. The normalized spacial score (nSPS) is 13.4. The van der Waals surface area contributed by atoms with Crippen LogP contribution >= 0.6 is 0 Å². The fraction of sp³-hybridized carbons (Fsp3) is 0.417. The molecule has 0 saturated carbocycles. The summed E-state index contributed by atoms with van der Waals surface area (Å²) in [5, 5.41) is 0. The summed E-state index contributed by atoms with van der Waals surface area (Å²) in [5.41, 5.74) is 4.41. The Morgan fingerprint density at radius 1 is 1.43 bits per heavy atom. The molecular weight excluding hydrogens is 174 g/mol. The van der Waals surface area contributed by atoms with Crippen molar-refractivity contribution >= 4 is 11.1 Å². The minimum Gasteiger partial charge on any atom is -0.443 e. The summed E-state index contributed by atoms with van der Waals surface area (Å²) in [6.45, 7) is 6.46. The van der Waals surface area contributed by atoms with Gasteiger partial charge in [-0.25, -0.2) is 4.98 Å². The lowest BCUT2D eigenvalue weighted by molar-refractivity contribution is 0.599. The molecule has 1 unspecified atom stereocenters. The van der Waals surface area contributed by atoms with E-state index < -0.39 is 0 Å². The number of benzene rings is 1. The van der Waals surface area contributed by atoms with Crippen molar-refractivity contribution in [2.75, 3.05) is 0 Å². The molecule has 1 aromatic heterocycles. The fourth-order valence-electron chi connectivity index (χ4n) is 1.72. The minimum atomic E-state index is 0.545. The van der Waals surface area contributed by atoms with E-state index in [4.69, 9.17) is 4.42 Å². The Hall–Kier alpha value is -1.31. The standard InChI is InChI=1S/C12H15NO/c1-4-8(2)10-6-5-9(3)12-11(10)13-7-14-12/h5-8H,4H2,1-3H3. The Labute approximate surface area is 84.0 Å². The van der Waals surface area contributed by atoms with Gasteiger partial charge in [-0.15, -0.1) is 0 Å². The van der Waals surface area contributed by atoms with E-state index in [1.165, 1.54) is 12.0 Å². The van der Waals surface area contributed by atoms with Crippen LogP contribution in [-0.2, 0) is 0 Å². The molecular formula is C12H15NO. The second kappa shape index (κ2) is 3.45. The maximum atomic E-state index is 5.37. The molecule has 0 aliphatic carbocycles. The molecule has 2 heteroatoms. The van der Waals surface area contributed by atoms with E-state index in [-0.39, 0.29) is 0 Å². The summed E-state index contributed by atoms with van der Waals surface area (Å²) in [6, 6.07) is 4.27. The molecule has 0 fully saturated rings. The van der Waals surface area contributed by atoms with Gasteiger partial charge in [0.25, 0.3) is 0 Å². The lowest BCUT2D eigenvalue weighted by Gasteiger charge is -2.09. The van der Waals surface area contributed by atoms with Gasteiger partial charge < -0.3 is 4.42 Å². The number of nitrogens with zero attached hydrogens (tertiary/aromatic N) is 1. The molecule has 0 amide bonds. The molecule has 2 aromatic rings. The van der Waals surface area contributed by atoms with Crippen molar-refractivity contribution in [1.82, 2.24) is 4.98 Å². The maximum absolute atomic E-state index is 5.37. The van der Waals surface area contributed by atoms with Crippen molar-refractivity contribution in [3.8, 4) is 0 Å². The number of rotatable bonds is 2. The molecule has 14 heavy (non-hydrogen) atoms. The van der Waals surface area contributed by atoms with Crippen LogP contribution in [0.3, 0.4) is 0 Å². The minimum absolute atomic E-state index is 0.545. The van der Waals surface area contributed by atoms with Crippen molar-refractivity contribution in [1.29, 1.82) is 0 Å². The van der Waals surface area contributed by atoms with Crippen LogP contribution in [0.1, 0.15) is 37.3 Å². The smallest absolute Gasteiger partial charge is 0.182 e. The van der Waals surface area contributed by atoms with Gasteiger partial charge in [-0.05, 0) is 30.4 Å². The van der Waals surface area contributed by atoms with Crippen LogP contribution < -0.4 is 0 Å². The third kappa shape index (κ3) is 1.31. The number of aromatic nitrogens is 1. The van der Waals surface area contributed by atoms with E-state index in [0.29, 0.717) is 5.92 Å². The van der Waals surface area contributed by atoms with Gasteiger partial charge in [0.15, 0.2) is 12.0 Å². The number of hydrogen-bond donors (Lipinski definition) is 0. The summed E-state index contributed by atoms with van der Waals surface area (Å²) in [6.07, 6.45) is 2.66. The van der Waals surface area contributed by atoms with Gasteiger partial charge in [0.05, 0.1) is 0 Å². The Balaban J connectivity index is 2.66. The van der Waals surface area contributed by atoms with Crippen LogP contribution in [0.4, 0.5) is 0 Å². The van der Waals surface area contributed by atoms with Crippen LogP contribution in [0.25, 0.3) is 11.1 Å². The average molecular weight is 189 g/mol. The van der Waals surface area contributed by atoms with Crippen molar-refractivity contribution in [3.63, 3.8) is 0 Å². The fourth-order valence-corrected chi connectivity index (χ4v) is 1.72. The van der Waals surface area contributed by atoms with Gasteiger partial charge in [0, 0.05) is 0 Å². The molecule has 1 heterocycles. The van der Waals surface area contributed by atoms with Crippen LogP contribution in [-0.4, -0.2) is 4.98 Å². The van der Waals surface area contributed by atoms with Crippen LogP contribution in [0.15, 0.2) is 22.9 Å². The number of fused-ring (bicyclic) bond motifs is 1. The number of hydrogen-bond acceptors (Lipinski definition) is 2. The van der Waals surface area contributed by atoms with E-state index in [9.17, 15) is 0 Å². The molecule has 74 valence electrons. The van der Waals surface area contributed by atoms with E-state index in [0.717, 1.165) is 23.1 Å². The van der Waals surface area contributed by atoms with Crippen molar-refractivity contribution in [2.45, 2.75) is 33.1 Å². The third-order valence-corrected chi connectivity index (χ3v) is 2.86. The lowest BCUT2D eigenvalue weighted by Crippen LogP contribution is -1.93. The molecule has 0 spiro atoms. The van der Waals surface area contributed by atoms with E-state index >= 15 is 0 Å². The van der Waals surface area contributed by atoms with E-state index in [1.807, 2.05) is 6.92 Å². The highest BCUT2D eigenvalue weighted by atomic mass is 16.3. The summed E-state index contributed by atoms with van der Waals surface area (Å²) in [7, 11) is 0. The Kier molecular flexibility index (Phi) is 2.28. The second-order valence-electron chi connectivity index (χ2n) is 3.81. The topological polar surface area (TPSA) is 26.0 Å². The molecule has 0 aliphatic rings. The average Bonchev–Trinajstić information content (AvgIpc) is 2.67. The van der Waals surface area contributed by atoms with Crippen molar-refractivity contribution in [3.05, 3.63) is 29.7 Å². The Morgan fingerprint density at radius 2 is 2.21 bits per heavy atom. The zero-order valence-corrected chi connectivity index (χ0v) is 8.87. The first-order valence-corrected chi connectivity index (χ1v) is 5.06. The first-order valence-electron chi connectivity index (χ1n) is 5.06. The third-order valence-electron chi connectivity index (χ3n) is 2.86. The largest absolute Gasteiger partial charge is 0.443 e. The number of oxazole rings is 1. The molecule has 0 radical (unpaired) electrons. The molecule has 0 saturated heterocycles. The maximum Gasteiger partial charge on any atom is 0.182 e. The molecule has 0 bridgehead atoms. The molecule has 0 N–H and O–H groups in total. The Bertz CT molecular complexity index is 445. The van der Waals surface area contributed by atoms with Gasteiger partial charge in [-0.1, -0.05) is 26.0 Å². The second-order valence-corrected chi connectivity index (χ2v) is 3.81. The van der Waals surface area contributed by atoms with Crippen molar-refractivity contribution < 1.29 is 4.42 Å². The highest BCUT2D eigenvalue weighted by Crippen LogP contribution is 2.28. The highest BCUT2D eigenvalue weighted by molar-refractivity contribution is 5.79. The Morgan fingerprint density at radius 3 is 2.93 bits per heavy atom. The first-order chi connectivity index (χ1) is 6.74. The quantitative estimate of drug-likeness (QED) is 0.720. The van der Waals surface area contributed by atoms with Gasteiger partial charge >= 0.3 is 0 Å². The van der Waals surface area contributed by atoms with Gasteiger partial charge in [-0.2, -0.15) is 0 Å². The molecule has 2 nitrogen and oxygen atoms in total. The summed E-state index contributed by atoms with van der Waals surface area (Å²) < 4.78 is 5.37. The predicted molar refractivity (Wildman–Crippen MR) is 57.5 cm³/mol. The van der Waals surface area contributed by atoms with Crippen LogP contribution in [0, 0.1) is 6.92 Å². The summed E-state index contributed by atoms with van der Waals surface area (Å²) in [5.74, 6) is 0.545. The molecule has 0 aliphatic heterocycles. The van der Waals surface area contributed by atoms with Crippen molar-refractivity contribution in [2.24, 2.45) is 0 Å². The molecule has 1 aromatic carbocycles. The van der Waals surface area contributed by atoms with E-state index in [1.54, 1.807) is 0 Å². The van der Waals surface area contributed by atoms with Gasteiger partial charge in [-0.3, -0.25) is 0 Å². The van der Waals surface area contributed by atoms with Crippen LogP contribution in [0.2, 0.25) is 0 Å². The highest BCUT2D eigenvalue weighted by Gasteiger charge is 2.11. The summed E-state index contributed by atoms with van der Waals surface area (Å²) >= 11 is 0. The molecule has 1 atom stereocenters. The molecule has 2 rings (SSSR count). The van der Waals surface area contributed by atoms with Gasteiger partial charge in [0.2, 0.25) is 0 Å². The van der Waals surface area contributed by atoms with Crippen LogP contribution in [0.5, 0.6) is 0 Å².